The highest BCUT2D eigenvalue weighted by atomic mass is 31.2. The highest BCUT2D eigenvalue weighted by Gasteiger charge is 2.30. The topological polar surface area (TPSA) is 237 Å². The Bertz CT molecular complexity index is 1690. The van der Waals surface area contributed by atoms with E-state index < -0.39 is 97.5 Å². The summed E-state index contributed by atoms with van der Waals surface area (Å²) >= 11 is 0. The SMILES string of the molecule is CCCCCCCCCCCCCCCCC(=O)OC[C@H](COP(=O)(O)OC[C@@H](O)COP(=O)(O)OC[C@@H](COC(=O)CCCCCCCCCC)OC(=O)CCCCCCCCC(C)CC)OC(=O)CCCCCCCCCCCCC(C)CC. The van der Waals surface area contributed by atoms with Crippen molar-refractivity contribution in [3.05, 3.63) is 0 Å². The second-order valence-electron chi connectivity index (χ2n) is 24.7. The van der Waals surface area contributed by atoms with E-state index in [-0.39, 0.29) is 25.7 Å². The van der Waals surface area contributed by atoms with Crippen LogP contribution >= 0.6 is 15.6 Å². The van der Waals surface area contributed by atoms with Crippen molar-refractivity contribution in [3.63, 3.8) is 0 Å². The Labute approximate surface area is 524 Å². The van der Waals surface area contributed by atoms with Crippen molar-refractivity contribution in [3.8, 4) is 0 Å². The van der Waals surface area contributed by atoms with Crippen LogP contribution in [0, 0.1) is 11.8 Å². The number of ether oxygens (including phenoxy) is 4. The summed E-state index contributed by atoms with van der Waals surface area (Å²) < 4.78 is 68.1. The molecule has 86 heavy (non-hydrogen) atoms. The lowest BCUT2D eigenvalue weighted by Crippen LogP contribution is -2.30. The number of rotatable bonds is 66. The van der Waals surface area contributed by atoms with Gasteiger partial charge >= 0.3 is 39.5 Å². The van der Waals surface area contributed by atoms with Gasteiger partial charge in [-0.3, -0.25) is 37.3 Å². The van der Waals surface area contributed by atoms with E-state index in [1.54, 1.807) is 0 Å². The minimum absolute atomic E-state index is 0.103. The number of phosphoric ester groups is 2. The number of phosphoric acid groups is 2. The van der Waals surface area contributed by atoms with Crippen LogP contribution in [0.5, 0.6) is 0 Å². The average molecular weight is 1270 g/mol. The highest BCUT2D eigenvalue weighted by Crippen LogP contribution is 2.45. The first kappa shape index (κ1) is 84.1. The zero-order valence-corrected chi connectivity index (χ0v) is 57.4. The molecule has 510 valence electrons. The first-order chi connectivity index (χ1) is 41.4. The van der Waals surface area contributed by atoms with Gasteiger partial charge in [0.05, 0.1) is 26.4 Å². The van der Waals surface area contributed by atoms with Gasteiger partial charge in [-0.1, -0.05) is 286 Å². The van der Waals surface area contributed by atoms with Crippen molar-refractivity contribution in [2.75, 3.05) is 39.6 Å². The van der Waals surface area contributed by atoms with Gasteiger partial charge in [0.2, 0.25) is 0 Å². The van der Waals surface area contributed by atoms with E-state index in [0.29, 0.717) is 25.7 Å². The molecule has 7 atom stereocenters. The average Bonchev–Trinajstić information content (AvgIpc) is 3.59. The van der Waals surface area contributed by atoms with Gasteiger partial charge in [-0.15, -0.1) is 0 Å². The standard InChI is InChI=1S/C67H130O17P2/c1-7-11-13-15-17-19-20-21-22-23-27-31-38-44-50-65(70)78-55-62(83-66(71)51-45-39-32-28-25-24-26-29-35-41-47-59(5)9-3)57-81-85(73,74)79-53-61(68)54-80-86(75,76)82-58-63(56-77-64(69)49-43-37-30-18-16-14-12-8-2)84-67(72)52-46-40-34-33-36-42-48-60(6)10-4/h59-63,68H,7-58H2,1-6H3,(H,73,74)(H,75,76)/t59?,60?,61-,62-,63-/m1/s1. The smallest absolute Gasteiger partial charge is 0.462 e. The van der Waals surface area contributed by atoms with Gasteiger partial charge in [-0.05, 0) is 37.5 Å². The fraction of sp³-hybridized carbons (Fsp3) is 0.940. The molecule has 0 fully saturated rings. The van der Waals surface area contributed by atoms with Gasteiger partial charge in [0.15, 0.2) is 12.2 Å². The van der Waals surface area contributed by atoms with Crippen LogP contribution in [-0.2, 0) is 65.4 Å². The molecule has 0 aromatic heterocycles. The molecule has 0 saturated heterocycles. The summed E-state index contributed by atoms with van der Waals surface area (Å²) in [6.45, 7) is 9.48. The Morgan fingerprint density at radius 1 is 0.326 bits per heavy atom. The minimum Gasteiger partial charge on any atom is -0.462 e. The third-order valence-corrected chi connectivity index (χ3v) is 18.1. The molecule has 0 saturated carbocycles. The molecule has 0 amide bonds. The number of hydrogen-bond donors (Lipinski definition) is 3. The maximum Gasteiger partial charge on any atom is 0.472 e. The Morgan fingerprint density at radius 2 is 0.558 bits per heavy atom. The van der Waals surface area contributed by atoms with Gasteiger partial charge in [0.1, 0.15) is 19.3 Å². The molecule has 0 spiro atoms. The monoisotopic (exact) mass is 1270 g/mol. The second-order valence-corrected chi connectivity index (χ2v) is 27.6. The van der Waals surface area contributed by atoms with Gasteiger partial charge in [-0.2, -0.15) is 0 Å². The van der Waals surface area contributed by atoms with E-state index in [2.05, 4.69) is 41.5 Å². The summed E-state index contributed by atoms with van der Waals surface area (Å²) in [5, 5.41) is 10.6. The van der Waals surface area contributed by atoms with Crippen LogP contribution in [0.25, 0.3) is 0 Å². The maximum absolute atomic E-state index is 13.0. The lowest BCUT2D eigenvalue weighted by Gasteiger charge is -2.21. The van der Waals surface area contributed by atoms with Crippen LogP contribution in [0.4, 0.5) is 0 Å². The Balaban J connectivity index is 5.24. The highest BCUT2D eigenvalue weighted by molar-refractivity contribution is 7.47. The van der Waals surface area contributed by atoms with E-state index in [4.69, 9.17) is 37.0 Å². The van der Waals surface area contributed by atoms with Crippen molar-refractivity contribution in [2.24, 2.45) is 11.8 Å². The number of aliphatic hydroxyl groups excluding tert-OH is 1. The molecule has 17 nitrogen and oxygen atoms in total. The fourth-order valence-electron chi connectivity index (χ4n) is 10.00. The van der Waals surface area contributed by atoms with Crippen LogP contribution in [0.15, 0.2) is 0 Å². The molecule has 0 bridgehead atoms. The van der Waals surface area contributed by atoms with Crippen LogP contribution in [0.2, 0.25) is 0 Å². The number of unbranched alkanes of at least 4 members (excludes halogenated alkanes) is 34. The van der Waals surface area contributed by atoms with Gasteiger partial charge in [0, 0.05) is 25.7 Å². The molecule has 19 heteroatoms. The summed E-state index contributed by atoms with van der Waals surface area (Å²) in [6.07, 6.45) is 43.0. The van der Waals surface area contributed by atoms with E-state index in [1.807, 2.05) is 0 Å². The molecule has 0 aromatic rings. The zero-order valence-electron chi connectivity index (χ0n) is 55.6. The largest absolute Gasteiger partial charge is 0.472 e. The predicted molar refractivity (Wildman–Crippen MR) is 345 cm³/mol. The molecule has 0 radical (unpaired) electrons. The molecular formula is C67H130O17P2. The number of hydrogen-bond acceptors (Lipinski definition) is 15. The second kappa shape index (κ2) is 59.4. The van der Waals surface area contributed by atoms with Gasteiger partial charge in [-0.25, -0.2) is 9.13 Å². The lowest BCUT2D eigenvalue weighted by molar-refractivity contribution is -0.161. The van der Waals surface area contributed by atoms with Gasteiger partial charge in [0.25, 0.3) is 0 Å². The third-order valence-electron chi connectivity index (χ3n) is 16.2. The predicted octanol–water partition coefficient (Wildman–Crippen LogP) is 18.8. The number of aliphatic hydroxyl groups is 1. The molecular weight excluding hydrogens is 1140 g/mol. The molecule has 0 rings (SSSR count). The fourth-order valence-corrected chi connectivity index (χ4v) is 11.6. The summed E-state index contributed by atoms with van der Waals surface area (Å²) in [4.78, 5) is 72.3. The van der Waals surface area contributed by atoms with Crippen LogP contribution in [0.3, 0.4) is 0 Å². The van der Waals surface area contributed by atoms with Crippen molar-refractivity contribution < 1.29 is 80.2 Å². The summed E-state index contributed by atoms with van der Waals surface area (Å²) in [6, 6.07) is 0. The summed E-state index contributed by atoms with van der Waals surface area (Å²) in [5.41, 5.74) is 0. The van der Waals surface area contributed by atoms with E-state index in [0.717, 1.165) is 108 Å². The third kappa shape index (κ3) is 58.4. The van der Waals surface area contributed by atoms with E-state index in [1.165, 1.54) is 148 Å². The molecule has 0 aliphatic heterocycles. The summed E-state index contributed by atoms with van der Waals surface area (Å²) in [5.74, 6) is -0.609. The molecule has 4 unspecified atom stereocenters. The maximum atomic E-state index is 13.0. The van der Waals surface area contributed by atoms with E-state index >= 15 is 0 Å². The number of carbonyl (C=O) groups excluding carboxylic acids is 4. The molecule has 0 aromatic carbocycles. The van der Waals surface area contributed by atoms with Crippen LogP contribution in [0.1, 0.15) is 337 Å². The first-order valence-electron chi connectivity index (χ1n) is 35.1. The minimum atomic E-state index is -4.95. The molecule has 3 N–H and O–H groups in total. The quantitative estimate of drug-likeness (QED) is 0.0222. The van der Waals surface area contributed by atoms with Crippen LogP contribution < -0.4 is 0 Å². The molecule has 0 aliphatic rings. The van der Waals surface area contributed by atoms with Crippen molar-refractivity contribution in [2.45, 2.75) is 355 Å². The lowest BCUT2D eigenvalue weighted by atomic mass is 9.99. The Kier molecular flexibility index (Phi) is 58.0. The van der Waals surface area contributed by atoms with Gasteiger partial charge < -0.3 is 33.8 Å². The van der Waals surface area contributed by atoms with Crippen molar-refractivity contribution in [1.82, 2.24) is 0 Å². The van der Waals surface area contributed by atoms with Crippen molar-refractivity contribution in [1.29, 1.82) is 0 Å². The normalized spacial score (nSPS) is 14.8. The molecule has 0 heterocycles. The van der Waals surface area contributed by atoms with Crippen molar-refractivity contribution >= 4 is 39.5 Å². The molecule has 0 aliphatic carbocycles. The van der Waals surface area contributed by atoms with E-state index in [9.17, 15) is 43.2 Å². The first-order valence-corrected chi connectivity index (χ1v) is 38.1. The zero-order chi connectivity index (χ0) is 63.6. The Morgan fingerprint density at radius 3 is 0.826 bits per heavy atom. The summed E-state index contributed by atoms with van der Waals surface area (Å²) in [7, 11) is -9.89. The number of esters is 4. The van der Waals surface area contributed by atoms with Crippen LogP contribution in [-0.4, -0.2) is 96.7 Å². The Hall–Kier alpha value is -1.94. The number of carbonyl (C=O) groups is 4.